The van der Waals surface area contributed by atoms with Crippen molar-refractivity contribution in [2.24, 2.45) is 17.6 Å². The molecule has 1 rings (SSSR count). The Bertz CT molecular complexity index is 419. The molecule has 19 heavy (non-hydrogen) atoms. The lowest BCUT2D eigenvalue weighted by Gasteiger charge is -2.19. The summed E-state index contributed by atoms with van der Waals surface area (Å²) in [5.74, 6) is 0.313. The first kappa shape index (κ1) is 15.4. The van der Waals surface area contributed by atoms with E-state index in [1.807, 2.05) is 27.7 Å². The summed E-state index contributed by atoms with van der Waals surface area (Å²) in [6.45, 7) is 8.11. The number of amides is 1. The first-order valence-electron chi connectivity index (χ1n) is 6.58. The van der Waals surface area contributed by atoms with Gasteiger partial charge in [0.25, 0.3) is 0 Å². The van der Waals surface area contributed by atoms with Gasteiger partial charge in [0.2, 0.25) is 11.8 Å². The van der Waals surface area contributed by atoms with Crippen molar-refractivity contribution in [3.63, 3.8) is 0 Å². The summed E-state index contributed by atoms with van der Waals surface area (Å²) < 4.78 is 5.56. The van der Waals surface area contributed by atoms with Crippen molar-refractivity contribution >= 4 is 11.6 Å². The molecule has 0 radical (unpaired) electrons. The number of anilines is 1. The van der Waals surface area contributed by atoms with Crippen LogP contribution >= 0.6 is 0 Å². The van der Waals surface area contributed by atoms with Gasteiger partial charge in [0, 0.05) is 12.7 Å². The lowest BCUT2D eigenvalue weighted by molar-refractivity contribution is -0.120. The molecule has 0 fully saturated rings. The first-order valence-corrected chi connectivity index (χ1v) is 6.58. The second kappa shape index (κ2) is 7.09. The van der Waals surface area contributed by atoms with E-state index in [1.54, 1.807) is 18.3 Å². The highest BCUT2D eigenvalue weighted by atomic mass is 16.5. The van der Waals surface area contributed by atoms with Gasteiger partial charge in [-0.15, -0.1) is 0 Å². The maximum atomic E-state index is 12.1. The van der Waals surface area contributed by atoms with Crippen LogP contribution in [0.15, 0.2) is 18.3 Å². The Hall–Kier alpha value is -1.62. The summed E-state index contributed by atoms with van der Waals surface area (Å²) >= 11 is 0. The zero-order valence-corrected chi connectivity index (χ0v) is 12.0. The fourth-order valence-corrected chi connectivity index (χ4v) is 1.71. The average Bonchev–Trinajstić information content (AvgIpc) is 2.31. The molecule has 5 heteroatoms. The zero-order chi connectivity index (χ0) is 14.4. The highest BCUT2D eigenvalue weighted by Crippen LogP contribution is 2.23. The number of rotatable bonds is 6. The molecule has 1 unspecified atom stereocenters. The number of nitrogens with zero attached hydrogens (tertiary/aromatic N) is 1. The number of aromatic nitrogens is 1. The van der Waals surface area contributed by atoms with Gasteiger partial charge in [0.15, 0.2) is 0 Å². The van der Waals surface area contributed by atoms with Gasteiger partial charge in [-0.2, -0.15) is 0 Å². The van der Waals surface area contributed by atoms with Crippen LogP contribution in [0.1, 0.15) is 27.7 Å². The predicted octanol–water partition coefficient (Wildman–Crippen LogP) is 2.04. The number of pyridine rings is 1. The molecule has 1 amide bonds. The highest BCUT2D eigenvalue weighted by Gasteiger charge is 2.21. The Morgan fingerprint density at radius 2 is 2.11 bits per heavy atom. The molecule has 0 aliphatic rings. The van der Waals surface area contributed by atoms with Crippen LogP contribution < -0.4 is 15.8 Å². The quantitative estimate of drug-likeness (QED) is 0.825. The maximum absolute atomic E-state index is 12.1. The second-order valence-corrected chi connectivity index (χ2v) is 5.10. The normalized spacial score (nSPS) is 12.6. The third-order valence-corrected chi connectivity index (χ3v) is 2.77. The number of nitrogens with two attached hydrogens (primary N) is 1. The van der Waals surface area contributed by atoms with E-state index in [1.165, 1.54) is 0 Å². The summed E-state index contributed by atoms with van der Waals surface area (Å²) in [6.07, 6.45) is 1.64. The number of hydrogen-bond acceptors (Lipinski definition) is 4. The Balaban J connectivity index is 2.84. The standard InChI is InChI=1S/C14H23N3O2/c1-9(2)11(8-15)13(18)17-12-6-5-7-16-14(12)19-10(3)4/h5-7,9-11H,8,15H2,1-4H3,(H,17,18). The number of carbonyl (C=O) groups is 1. The largest absolute Gasteiger partial charge is 0.473 e. The summed E-state index contributed by atoms with van der Waals surface area (Å²) in [5, 5.41) is 2.84. The van der Waals surface area contributed by atoms with Crippen LogP contribution in [0, 0.1) is 11.8 Å². The van der Waals surface area contributed by atoms with E-state index in [0.717, 1.165) is 0 Å². The van der Waals surface area contributed by atoms with E-state index < -0.39 is 0 Å². The van der Waals surface area contributed by atoms with Crippen molar-refractivity contribution in [3.05, 3.63) is 18.3 Å². The third-order valence-electron chi connectivity index (χ3n) is 2.77. The Morgan fingerprint density at radius 3 is 2.63 bits per heavy atom. The molecule has 1 atom stereocenters. The molecular weight excluding hydrogens is 242 g/mol. The van der Waals surface area contributed by atoms with E-state index in [-0.39, 0.29) is 23.8 Å². The molecule has 0 saturated carbocycles. The minimum Gasteiger partial charge on any atom is -0.473 e. The molecule has 0 bridgehead atoms. The van der Waals surface area contributed by atoms with E-state index in [9.17, 15) is 4.79 Å². The number of ether oxygens (including phenoxy) is 1. The van der Waals surface area contributed by atoms with E-state index in [4.69, 9.17) is 10.5 Å². The molecule has 1 aromatic rings. The molecule has 0 aromatic carbocycles. The van der Waals surface area contributed by atoms with Crippen molar-refractivity contribution in [1.82, 2.24) is 4.98 Å². The molecular formula is C14H23N3O2. The summed E-state index contributed by atoms with van der Waals surface area (Å²) in [5.41, 5.74) is 6.22. The Kier molecular flexibility index (Phi) is 5.76. The molecule has 1 aromatic heterocycles. The van der Waals surface area contributed by atoms with E-state index in [2.05, 4.69) is 10.3 Å². The van der Waals surface area contributed by atoms with Gasteiger partial charge in [-0.25, -0.2) is 4.98 Å². The van der Waals surface area contributed by atoms with E-state index in [0.29, 0.717) is 18.1 Å². The maximum Gasteiger partial charge on any atom is 0.238 e. The number of carbonyl (C=O) groups excluding carboxylic acids is 1. The van der Waals surface area contributed by atoms with Crippen molar-refractivity contribution < 1.29 is 9.53 Å². The lowest BCUT2D eigenvalue weighted by Crippen LogP contribution is -2.33. The Labute approximate surface area is 114 Å². The van der Waals surface area contributed by atoms with Crippen LogP contribution in [0.2, 0.25) is 0 Å². The summed E-state index contributed by atoms with van der Waals surface area (Å²) in [4.78, 5) is 16.3. The molecule has 0 aliphatic heterocycles. The van der Waals surface area contributed by atoms with Crippen LogP contribution in [-0.2, 0) is 4.79 Å². The van der Waals surface area contributed by atoms with Gasteiger partial charge in [0.1, 0.15) is 5.69 Å². The summed E-state index contributed by atoms with van der Waals surface area (Å²) in [6, 6.07) is 3.53. The van der Waals surface area contributed by atoms with Gasteiger partial charge < -0.3 is 15.8 Å². The van der Waals surface area contributed by atoms with Crippen LogP contribution in [0.3, 0.4) is 0 Å². The molecule has 1 heterocycles. The molecule has 0 saturated heterocycles. The fourth-order valence-electron chi connectivity index (χ4n) is 1.71. The van der Waals surface area contributed by atoms with Crippen LogP contribution in [0.25, 0.3) is 0 Å². The summed E-state index contributed by atoms with van der Waals surface area (Å²) in [7, 11) is 0. The first-order chi connectivity index (χ1) is 8.95. The molecule has 0 spiro atoms. The fraction of sp³-hybridized carbons (Fsp3) is 0.571. The molecule has 0 aliphatic carbocycles. The van der Waals surface area contributed by atoms with Crippen molar-refractivity contribution in [2.75, 3.05) is 11.9 Å². The molecule has 3 N–H and O–H groups in total. The van der Waals surface area contributed by atoms with Crippen LogP contribution in [0.5, 0.6) is 5.88 Å². The van der Waals surface area contributed by atoms with Crippen LogP contribution in [-0.4, -0.2) is 23.5 Å². The average molecular weight is 265 g/mol. The van der Waals surface area contributed by atoms with Crippen molar-refractivity contribution in [1.29, 1.82) is 0 Å². The monoisotopic (exact) mass is 265 g/mol. The smallest absolute Gasteiger partial charge is 0.238 e. The lowest BCUT2D eigenvalue weighted by atomic mass is 9.95. The van der Waals surface area contributed by atoms with Crippen LogP contribution in [0.4, 0.5) is 5.69 Å². The second-order valence-electron chi connectivity index (χ2n) is 5.10. The molecule has 106 valence electrons. The van der Waals surface area contributed by atoms with Gasteiger partial charge in [-0.1, -0.05) is 13.8 Å². The minimum absolute atomic E-state index is 0.000885. The highest BCUT2D eigenvalue weighted by molar-refractivity contribution is 5.93. The van der Waals surface area contributed by atoms with Crippen molar-refractivity contribution in [3.8, 4) is 5.88 Å². The zero-order valence-electron chi connectivity index (χ0n) is 12.0. The van der Waals surface area contributed by atoms with Gasteiger partial charge in [0.05, 0.1) is 12.0 Å². The van der Waals surface area contributed by atoms with Gasteiger partial charge in [-0.05, 0) is 31.9 Å². The van der Waals surface area contributed by atoms with Gasteiger partial charge in [-0.3, -0.25) is 4.79 Å². The van der Waals surface area contributed by atoms with Gasteiger partial charge >= 0.3 is 0 Å². The number of hydrogen-bond donors (Lipinski definition) is 2. The Morgan fingerprint density at radius 1 is 1.42 bits per heavy atom. The number of nitrogens with one attached hydrogen (secondary N) is 1. The SMILES string of the molecule is CC(C)Oc1ncccc1NC(=O)C(CN)C(C)C. The van der Waals surface area contributed by atoms with Crippen molar-refractivity contribution in [2.45, 2.75) is 33.8 Å². The topological polar surface area (TPSA) is 77.2 Å². The minimum atomic E-state index is -0.216. The predicted molar refractivity (Wildman–Crippen MR) is 76.0 cm³/mol. The molecule has 5 nitrogen and oxygen atoms in total. The third kappa shape index (κ3) is 4.52. The van der Waals surface area contributed by atoms with E-state index >= 15 is 0 Å².